The quantitative estimate of drug-likeness (QED) is 0.860. The van der Waals surface area contributed by atoms with E-state index in [2.05, 4.69) is 15.0 Å². The van der Waals surface area contributed by atoms with Gasteiger partial charge in [0, 0.05) is 54.8 Å². The Hall–Kier alpha value is -2.34. The van der Waals surface area contributed by atoms with Crippen molar-refractivity contribution in [2.75, 3.05) is 26.3 Å². The van der Waals surface area contributed by atoms with Gasteiger partial charge in [-0.3, -0.25) is 9.78 Å². The van der Waals surface area contributed by atoms with E-state index >= 15 is 0 Å². The predicted octanol–water partition coefficient (Wildman–Crippen LogP) is 1.82. The van der Waals surface area contributed by atoms with Crippen LogP contribution < -0.4 is 0 Å². The van der Waals surface area contributed by atoms with Crippen LogP contribution in [0.5, 0.6) is 0 Å². The number of aryl methyl sites for hydroxylation is 2. The molecule has 3 heterocycles. The van der Waals surface area contributed by atoms with Gasteiger partial charge < -0.3 is 9.64 Å². The molecule has 0 N–H and O–H groups in total. The first kappa shape index (κ1) is 16.5. The summed E-state index contributed by atoms with van der Waals surface area (Å²) in [5.41, 5.74) is 2.60. The summed E-state index contributed by atoms with van der Waals surface area (Å²) in [7, 11) is 0. The van der Waals surface area contributed by atoms with E-state index < -0.39 is 0 Å². The molecule has 0 radical (unpaired) electrons. The molecule has 0 saturated carbocycles. The fourth-order valence-electron chi connectivity index (χ4n) is 3.01. The zero-order valence-corrected chi connectivity index (χ0v) is 14.1. The summed E-state index contributed by atoms with van der Waals surface area (Å²) >= 11 is 0. The van der Waals surface area contributed by atoms with Crippen molar-refractivity contribution < 1.29 is 9.53 Å². The average Bonchev–Trinajstić information content (AvgIpc) is 2.79. The third-order valence-corrected chi connectivity index (χ3v) is 4.05. The van der Waals surface area contributed by atoms with Gasteiger partial charge in [-0.1, -0.05) is 0 Å². The van der Waals surface area contributed by atoms with Crippen LogP contribution in [-0.2, 0) is 11.2 Å². The summed E-state index contributed by atoms with van der Waals surface area (Å²) in [6.07, 6.45) is 3.99. The van der Waals surface area contributed by atoms with Gasteiger partial charge in [-0.05, 0) is 32.0 Å². The zero-order valence-electron chi connectivity index (χ0n) is 14.1. The van der Waals surface area contributed by atoms with Crippen molar-refractivity contribution >= 4 is 5.91 Å². The maximum absolute atomic E-state index is 12.7. The van der Waals surface area contributed by atoms with E-state index in [0.717, 1.165) is 17.2 Å². The number of amides is 1. The highest BCUT2D eigenvalue weighted by Gasteiger charge is 2.24. The van der Waals surface area contributed by atoms with Gasteiger partial charge in [0.15, 0.2) is 0 Å². The second-order valence-corrected chi connectivity index (χ2v) is 6.20. The molecule has 24 heavy (non-hydrogen) atoms. The first-order valence-corrected chi connectivity index (χ1v) is 8.20. The van der Waals surface area contributed by atoms with Crippen LogP contribution in [0.4, 0.5) is 0 Å². The average molecular weight is 326 g/mol. The molecule has 0 bridgehead atoms. The van der Waals surface area contributed by atoms with Crippen LogP contribution in [0.25, 0.3) is 0 Å². The highest BCUT2D eigenvalue weighted by molar-refractivity contribution is 5.94. The fourth-order valence-corrected chi connectivity index (χ4v) is 3.01. The molecule has 0 spiro atoms. The van der Waals surface area contributed by atoms with Crippen molar-refractivity contribution in [1.82, 2.24) is 19.9 Å². The van der Waals surface area contributed by atoms with Gasteiger partial charge in [-0.15, -0.1) is 0 Å². The number of aromatic nitrogens is 3. The Bertz CT molecular complexity index is 685. The van der Waals surface area contributed by atoms with Crippen LogP contribution in [0, 0.1) is 19.8 Å². The van der Waals surface area contributed by atoms with E-state index in [9.17, 15) is 4.79 Å². The molecular weight excluding hydrogens is 304 g/mol. The molecule has 1 atom stereocenters. The second kappa shape index (κ2) is 7.49. The van der Waals surface area contributed by atoms with Crippen LogP contribution in [0.15, 0.2) is 30.6 Å². The standard InChI is InChI=1S/C18H22N4O2/c1-13-9-14(2)21-17(20-13)10-15-11-22(7-8-24-12-15)18(23)16-3-5-19-6-4-16/h3-6,9,15H,7-8,10-12H2,1-2H3. The number of hydrogen-bond acceptors (Lipinski definition) is 5. The van der Waals surface area contributed by atoms with Crippen LogP contribution in [0.1, 0.15) is 27.6 Å². The number of carbonyl (C=O) groups is 1. The van der Waals surface area contributed by atoms with Crippen molar-refractivity contribution in [3.8, 4) is 0 Å². The lowest BCUT2D eigenvalue weighted by Crippen LogP contribution is -2.36. The lowest BCUT2D eigenvalue weighted by atomic mass is 10.0. The Balaban J connectivity index is 1.71. The molecule has 0 aromatic carbocycles. The molecular formula is C18H22N4O2. The highest BCUT2D eigenvalue weighted by atomic mass is 16.5. The highest BCUT2D eigenvalue weighted by Crippen LogP contribution is 2.15. The number of carbonyl (C=O) groups excluding carboxylic acids is 1. The summed E-state index contributed by atoms with van der Waals surface area (Å²) in [5.74, 6) is 1.04. The third-order valence-electron chi connectivity index (χ3n) is 4.05. The minimum atomic E-state index is 0.0224. The van der Waals surface area contributed by atoms with E-state index in [1.807, 2.05) is 24.8 Å². The van der Waals surface area contributed by atoms with Gasteiger partial charge in [0.1, 0.15) is 5.82 Å². The minimum Gasteiger partial charge on any atom is -0.379 e. The molecule has 0 aliphatic carbocycles. The summed E-state index contributed by atoms with van der Waals surface area (Å²) in [6.45, 7) is 6.38. The number of ether oxygens (including phenoxy) is 1. The van der Waals surface area contributed by atoms with E-state index in [1.165, 1.54) is 0 Å². The van der Waals surface area contributed by atoms with Crippen LogP contribution >= 0.6 is 0 Å². The first-order valence-electron chi connectivity index (χ1n) is 8.20. The number of pyridine rings is 1. The lowest BCUT2D eigenvalue weighted by Gasteiger charge is -2.23. The second-order valence-electron chi connectivity index (χ2n) is 6.20. The van der Waals surface area contributed by atoms with Crippen LogP contribution in [0.2, 0.25) is 0 Å². The fraction of sp³-hybridized carbons (Fsp3) is 0.444. The molecule has 6 heteroatoms. The van der Waals surface area contributed by atoms with E-state index in [4.69, 9.17) is 4.74 Å². The van der Waals surface area contributed by atoms with Crippen molar-refractivity contribution in [2.24, 2.45) is 5.92 Å². The maximum Gasteiger partial charge on any atom is 0.254 e. The van der Waals surface area contributed by atoms with Crippen molar-refractivity contribution in [2.45, 2.75) is 20.3 Å². The third kappa shape index (κ3) is 4.14. The molecule has 1 aliphatic heterocycles. The van der Waals surface area contributed by atoms with Gasteiger partial charge >= 0.3 is 0 Å². The Morgan fingerprint density at radius 1 is 1.25 bits per heavy atom. The number of hydrogen-bond donors (Lipinski definition) is 0. The van der Waals surface area contributed by atoms with Gasteiger partial charge in [0.2, 0.25) is 0 Å². The monoisotopic (exact) mass is 326 g/mol. The summed E-state index contributed by atoms with van der Waals surface area (Å²) in [5, 5.41) is 0. The Morgan fingerprint density at radius 3 is 2.67 bits per heavy atom. The number of rotatable bonds is 3. The molecule has 2 aromatic rings. The molecule has 1 aliphatic rings. The van der Waals surface area contributed by atoms with Gasteiger partial charge in [-0.2, -0.15) is 0 Å². The molecule has 1 amide bonds. The summed E-state index contributed by atoms with van der Waals surface area (Å²) in [4.78, 5) is 27.5. The van der Waals surface area contributed by atoms with E-state index in [1.54, 1.807) is 24.5 Å². The smallest absolute Gasteiger partial charge is 0.254 e. The van der Waals surface area contributed by atoms with Crippen LogP contribution in [-0.4, -0.2) is 52.1 Å². The topological polar surface area (TPSA) is 68.2 Å². The Kier molecular flexibility index (Phi) is 5.15. The van der Waals surface area contributed by atoms with Crippen molar-refractivity contribution in [3.63, 3.8) is 0 Å². The molecule has 1 unspecified atom stereocenters. The van der Waals surface area contributed by atoms with Gasteiger partial charge in [-0.25, -0.2) is 9.97 Å². The van der Waals surface area contributed by atoms with E-state index in [0.29, 0.717) is 38.3 Å². The molecule has 6 nitrogen and oxygen atoms in total. The normalized spacial score (nSPS) is 18.2. The summed E-state index contributed by atoms with van der Waals surface area (Å²) < 4.78 is 5.69. The maximum atomic E-state index is 12.7. The summed E-state index contributed by atoms with van der Waals surface area (Å²) in [6, 6.07) is 5.46. The lowest BCUT2D eigenvalue weighted by molar-refractivity contribution is 0.0737. The largest absolute Gasteiger partial charge is 0.379 e. The molecule has 2 aromatic heterocycles. The van der Waals surface area contributed by atoms with Crippen molar-refractivity contribution in [1.29, 1.82) is 0 Å². The Labute approximate surface area is 141 Å². The van der Waals surface area contributed by atoms with E-state index in [-0.39, 0.29) is 11.8 Å². The molecule has 1 fully saturated rings. The van der Waals surface area contributed by atoms with Crippen LogP contribution in [0.3, 0.4) is 0 Å². The zero-order chi connectivity index (χ0) is 16.9. The molecule has 126 valence electrons. The van der Waals surface area contributed by atoms with Crippen molar-refractivity contribution in [3.05, 3.63) is 53.4 Å². The number of nitrogens with zero attached hydrogens (tertiary/aromatic N) is 4. The SMILES string of the molecule is Cc1cc(C)nc(CC2COCCN(C(=O)c3ccncc3)C2)n1. The Morgan fingerprint density at radius 2 is 1.96 bits per heavy atom. The van der Waals surface area contributed by atoms with Gasteiger partial charge in [0.05, 0.1) is 13.2 Å². The van der Waals surface area contributed by atoms with Gasteiger partial charge in [0.25, 0.3) is 5.91 Å². The molecule has 1 saturated heterocycles. The predicted molar refractivity (Wildman–Crippen MR) is 89.7 cm³/mol. The molecule has 3 rings (SSSR count). The first-order chi connectivity index (χ1) is 11.6. The minimum absolute atomic E-state index is 0.0224.